The lowest BCUT2D eigenvalue weighted by molar-refractivity contribution is -0.137. The highest BCUT2D eigenvalue weighted by molar-refractivity contribution is 6.03. The Morgan fingerprint density at radius 3 is 2.40 bits per heavy atom. The zero-order chi connectivity index (χ0) is 25.2. The second kappa shape index (κ2) is 9.90. The van der Waals surface area contributed by atoms with Crippen LogP contribution in [0, 0.1) is 11.6 Å². The summed E-state index contributed by atoms with van der Waals surface area (Å²) in [6.07, 6.45) is 0.242. The molecule has 0 bridgehead atoms. The molecule has 1 aromatic carbocycles. The molecule has 1 aliphatic carbocycles. The lowest BCUT2D eigenvalue weighted by Crippen LogP contribution is -2.32. The smallest absolute Gasteiger partial charge is 0.418 e. The Kier molecular flexibility index (Phi) is 6.92. The maximum absolute atomic E-state index is 14.3. The highest BCUT2D eigenvalue weighted by Gasteiger charge is 2.36. The summed E-state index contributed by atoms with van der Waals surface area (Å²) >= 11 is 0. The van der Waals surface area contributed by atoms with E-state index in [0.717, 1.165) is 37.1 Å². The highest BCUT2D eigenvalue weighted by Crippen LogP contribution is 2.38. The Hall–Kier alpha value is -3.67. The van der Waals surface area contributed by atoms with Crippen LogP contribution in [0.25, 0.3) is 11.3 Å². The van der Waals surface area contributed by atoms with Gasteiger partial charge in [0.2, 0.25) is 5.88 Å². The summed E-state index contributed by atoms with van der Waals surface area (Å²) in [6, 6.07) is 4.07. The van der Waals surface area contributed by atoms with Crippen molar-refractivity contribution in [3.63, 3.8) is 0 Å². The number of carbonyl (C=O) groups is 1. The van der Waals surface area contributed by atoms with Crippen molar-refractivity contribution in [1.82, 2.24) is 15.0 Å². The molecule has 0 spiro atoms. The van der Waals surface area contributed by atoms with Crippen LogP contribution in [-0.4, -0.2) is 33.0 Å². The van der Waals surface area contributed by atoms with Crippen LogP contribution in [0.3, 0.4) is 0 Å². The van der Waals surface area contributed by atoms with E-state index in [1.54, 1.807) is 0 Å². The molecule has 3 N–H and O–H groups in total. The average Bonchev–Trinajstić information content (AvgIpc) is 2.81. The summed E-state index contributed by atoms with van der Waals surface area (Å²) in [5.41, 5.74) is 2.04. The standard InChI is InChI=1S/C23H20F5N5O2/c24-15-2-1-3-16(25)19(15)20-14(23(26,27)28)8-9-17(32-20)21(34)33-18-10-30-11-31-22(18)35-13-6-4-12(29)5-7-13/h1-3,8-13H,4-7,29H2,(H,33,34)/t12-,13-. The van der Waals surface area contributed by atoms with Crippen molar-refractivity contribution in [2.75, 3.05) is 5.32 Å². The quantitative estimate of drug-likeness (QED) is 0.498. The Labute approximate surface area is 196 Å². The van der Waals surface area contributed by atoms with Gasteiger partial charge in [0.1, 0.15) is 35.4 Å². The molecule has 0 saturated heterocycles. The summed E-state index contributed by atoms with van der Waals surface area (Å²) < 4.78 is 75.1. The fourth-order valence-corrected chi connectivity index (χ4v) is 3.78. The summed E-state index contributed by atoms with van der Waals surface area (Å²) in [4.78, 5) is 24.4. The predicted molar refractivity (Wildman–Crippen MR) is 115 cm³/mol. The molecule has 35 heavy (non-hydrogen) atoms. The first-order valence-corrected chi connectivity index (χ1v) is 10.7. The van der Waals surface area contributed by atoms with Gasteiger partial charge in [-0.2, -0.15) is 18.2 Å². The molecule has 0 atom stereocenters. The zero-order valence-electron chi connectivity index (χ0n) is 18.1. The first-order chi connectivity index (χ1) is 16.6. The van der Waals surface area contributed by atoms with E-state index in [2.05, 4.69) is 20.3 Å². The monoisotopic (exact) mass is 493 g/mol. The van der Waals surface area contributed by atoms with Gasteiger partial charge >= 0.3 is 6.18 Å². The lowest BCUT2D eigenvalue weighted by Gasteiger charge is -2.26. The molecule has 0 radical (unpaired) electrons. The molecule has 2 heterocycles. The van der Waals surface area contributed by atoms with Crippen molar-refractivity contribution < 1.29 is 31.5 Å². The Bertz CT molecular complexity index is 1210. The van der Waals surface area contributed by atoms with Crippen LogP contribution in [0.2, 0.25) is 0 Å². The average molecular weight is 493 g/mol. The summed E-state index contributed by atoms with van der Waals surface area (Å²) in [6.45, 7) is 0. The van der Waals surface area contributed by atoms with Crippen molar-refractivity contribution in [2.24, 2.45) is 5.73 Å². The number of hydrogen-bond acceptors (Lipinski definition) is 6. The number of ether oxygens (including phenoxy) is 1. The summed E-state index contributed by atoms with van der Waals surface area (Å²) in [5.74, 6) is -3.37. The Morgan fingerprint density at radius 1 is 1.06 bits per heavy atom. The molecule has 0 aliphatic heterocycles. The van der Waals surface area contributed by atoms with E-state index in [1.165, 1.54) is 12.5 Å². The number of amides is 1. The molecule has 1 fully saturated rings. The number of nitrogens with one attached hydrogen (secondary N) is 1. The fraction of sp³-hybridized carbons (Fsp3) is 0.304. The molecule has 7 nitrogen and oxygen atoms in total. The SMILES string of the molecule is N[C@H]1CC[C@H](Oc2ncncc2NC(=O)c2ccc(C(F)(F)F)c(-c3c(F)cccc3F)n2)CC1. The first-order valence-electron chi connectivity index (χ1n) is 10.7. The Morgan fingerprint density at radius 2 is 1.74 bits per heavy atom. The van der Waals surface area contributed by atoms with Gasteiger partial charge in [0.25, 0.3) is 5.91 Å². The number of rotatable bonds is 5. The molecule has 1 amide bonds. The van der Waals surface area contributed by atoms with Crippen LogP contribution in [0.15, 0.2) is 42.9 Å². The minimum atomic E-state index is -4.97. The van der Waals surface area contributed by atoms with E-state index in [-0.39, 0.29) is 23.7 Å². The van der Waals surface area contributed by atoms with Crippen molar-refractivity contribution in [3.8, 4) is 17.1 Å². The van der Waals surface area contributed by atoms with Crippen LogP contribution in [0.5, 0.6) is 5.88 Å². The number of nitrogens with two attached hydrogens (primary N) is 1. The normalized spacial score (nSPS) is 18.2. The highest BCUT2D eigenvalue weighted by atomic mass is 19.4. The van der Waals surface area contributed by atoms with E-state index in [0.29, 0.717) is 18.9 Å². The van der Waals surface area contributed by atoms with Crippen molar-refractivity contribution in [1.29, 1.82) is 0 Å². The van der Waals surface area contributed by atoms with E-state index in [4.69, 9.17) is 10.5 Å². The number of aromatic nitrogens is 3. The first kappa shape index (κ1) is 24.5. The minimum absolute atomic E-state index is 0.0627. The van der Waals surface area contributed by atoms with Crippen LogP contribution in [-0.2, 0) is 6.18 Å². The number of nitrogens with zero attached hydrogens (tertiary/aromatic N) is 3. The second-order valence-electron chi connectivity index (χ2n) is 8.04. The van der Waals surface area contributed by atoms with Gasteiger partial charge in [-0.05, 0) is 49.9 Å². The van der Waals surface area contributed by atoms with E-state index in [1.807, 2.05) is 0 Å². The maximum Gasteiger partial charge on any atom is 0.418 e. The molecular formula is C23H20F5N5O2. The molecule has 3 aromatic rings. The predicted octanol–water partition coefficient (Wildman–Crippen LogP) is 4.74. The van der Waals surface area contributed by atoms with Crippen LogP contribution in [0.4, 0.5) is 27.6 Å². The van der Waals surface area contributed by atoms with Gasteiger partial charge in [0, 0.05) is 6.04 Å². The number of alkyl halides is 3. The molecular weight excluding hydrogens is 473 g/mol. The third kappa shape index (κ3) is 5.53. The molecule has 4 rings (SSSR count). The zero-order valence-corrected chi connectivity index (χ0v) is 18.1. The fourth-order valence-electron chi connectivity index (χ4n) is 3.78. The largest absolute Gasteiger partial charge is 0.473 e. The van der Waals surface area contributed by atoms with Gasteiger partial charge in [-0.1, -0.05) is 6.07 Å². The van der Waals surface area contributed by atoms with Gasteiger partial charge in [-0.3, -0.25) is 4.79 Å². The van der Waals surface area contributed by atoms with Crippen LogP contribution in [0.1, 0.15) is 41.7 Å². The third-order valence-corrected chi connectivity index (χ3v) is 5.55. The number of benzene rings is 1. The topological polar surface area (TPSA) is 103 Å². The van der Waals surface area contributed by atoms with Crippen LogP contribution < -0.4 is 15.8 Å². The summed E-state index contributed by atoms with van der Waals surface area (Å²) in [7, 11) is 0. The molecule has 1 aliphatic rings. The van der Waals surface area contributed by atoms with E-state index in [9.17, 15) is 26.7 Å². The van der Waals surface area contributed by atoms with Gasteiger partial charge in [0.05, 0.1) is 23.0 Å². The molecule has 0 unspecified atom stereocenters. The number of hydrogen-bond donors (Lipinski definition) is 2. The maximum atomic E-state index is 14.3. The lowest BCUT2D eigenvalue weighted by atomic mass is 9.94. The van der Waals surface area contributed by atoms with Gasteiger partial charge in [-0.25, -0.2) is 18.7 Å². The third-order valence-electron chi connectivity index (χ3n) is 5.55. The van der Waals surface area contributed by atoms with Crippen molar-refractivity contribution in [3.05, 3.63) is 65.7 Å². The van der Waals surface area contributed by atoms with Gasteiger partial charge in [0.15, 0.2) is 0 Å². The Balaban J connectivity index is 1.64. The van der Waals surface area contributed by atoms with E-state index >= 15 is 0 Å². The number of carbonyl (C=O) groups excluding carboxylic acids is 1. The molecule has 12 heteroatoms. The van der Waals surface area contributed by atoms with Gasteiger partial charge < -0.3 is 15.8 Å². The molecule has 184 valence electrons. The minimum Gasteiger partial charge on any atom is -0.473 e. The van der Waals surface area contributed by atoms with Crippen molar-refractivity contribution >= 4 is 11.6 Å². The van der Waals surface area contributed by atoms with Crippen molar-refractivity contribution in [2.45, 2.75) is 44.0 Å². The number of anilines is 1. The molecule has 2 aromatic heterocycles. The van der Waals surface area contributed by atoms with Crippen LogP contribution >= 0.6 is 0 Å². The van der Waals surface area contributed by atoms with E-state index < -0.39 is 46.2 Å². The molecule has 1 saturated carbocycles. The second-order valence-corrected chi connectivity index (χ2v) is 8.04. The number of pyridine rings is 1. The van der Waals surface area contributed by atoms with Gasteiger partial charge in [-0.15, -0.1) is 0 Å². The number of halogens is 5. The summed E-state index contributed by atoms with van der Waals surface area (Å²) in [5, 5.41) is 2.45.